The molecule has 1 unspecified atom stereocenters. The molecule has 1 atom stereocenters. The number of hydrogen-bond acceptors (Lipinski definition) is 4. The van der Waals surface area contributed by atoms with E-state index in [9.17, 15) is 13.8 Å². The molecule has 0 aliphatic rings. The summed E-state index contributed by atoms with van der Waals surface area (Å²) in [5.41, 5.74) is 0. The minimum absolute atomic E-state index is 0.511. The van der Waals surface area contributed by atoms with E-state index < -0.39 is 19.3 Å². The molecule has 0 aromatic rings. The molecule has 0 heterocycles. The molecular formula is C3H8FN2O3PS2. The average molecular weight is 234 g/mol. The second-order valence-corrected chi connectivity index (χ2v) is 6.22. The number of nitrogens with zero attached hydrogens (tertiary/aromatic N) is 1. The third-order valence-electron chi connectivity index (χ3n) is 0.775. The van der Waals surface area contributed by atoms with Crippen LogP contribution in [0.4, 0.5) is 4.39 Å². The highest BCUT2D eigenvalue weighted by Crippen LogP contribution is 2.51. The molecule has 0 bridgehead atoms. The summed E-state index contributed by atoms with van der Waals surface area (Å²) in [5.74, 6) is 0. The van der Waals surface area contributed by atoms with Gasteiger partial charge in [0, 0.05) is 19.2 Å². The van der Waals surface area contributed by atoms with Crippen molar-refractivity contribution in [3.8, 4) is 0 Å². The molecular weight excluding hydrogens is 226 g/mol. The Kier molecular flexibility index (Phi) is 5.38. The Labute approximate surface area is 78.6 Å². The molecule has 0 saturated carbocycles. The van der Waals surface area contributed by atoms with Gasteiger partial charge in [-0.15, -0.1) is 0 Å². The lowest BCUT2D eigenvalue weighted by Gasteiger charge is -2.16. The standard InChI is InChI=1S/C3H8FN2O3PS2/c1-6(10(8,9)11)12-5-2-3(4)7/h5H,2H2,1H3,(H2,8,9,11). The molecule has 72 valence electrons. The number of nitrogens with one attached hydrogen (secondary N) is 1. The summed E-state index contributed by atoms with van der Waals surface area (Å²) in [6.45, 7) is -4.13. The van der Waals surface area contributed by atoms with Crippen LogP contribution in [0.2, 0.25) is 0 Å². The van der Waals surface area contributed by atoms with Gasteiger partial charge < -0.3 is 4.89 Å². The van der Waals surface area contributed by atoms with E-state index in [0.717, 1.165) is 4.08 Å². The van der Waals surface area contributed by atoms with Gasteiger partial charge in [0.2, 0.25) is 0 Å². The van der Waals surface area contributed by atoms with Gasteiger partial charge in [0.1, 0.15) is 0 Å². The van der Waals surface area contributed by atoms with E-state index in [4.69, 9.17) is 4.89 Å². The molecule has 0 spiro atoms. The molecule has 0 aromatic heterocycles. The van der Waals surface area contributed by atoms with Crippen molar-refractivity contribution in [2.24, 2.45) is 0 Å². The van der Waals surface area contributed by atoms with Crippen LogP contribution in [0.25, 0.3) is 0 Å². The summed E-state index contributed by atoms with van der Waals surface area (Å²) in [4.78, 5) is 18.5. The van der Waals surface area contributed by atoms with Gasteiger partial charge in [0.25, 0.3) is 0 Å². The smallest absolute Gasteiger partial charge is 0.325 e. The topological polar surface area (TPSA) is 69.6 Å². The van der Waals surface area contributed by atoms with E-state index in [-0.39, 0.29) is 0 Å². The highest BCUT2D eigenvalue weighted by atomic mass is 32.7. The number of hydrogen-bond donors (Lipinski definition) is 3. The first kappa shape index (κ1) is 12.4. The third kappa shape index (κ3) is 5.99. The maximum absolute atomic E-state index is 11.6. The molecule has 0 saturated heterocycles. The van der Waals surface area contributed by atoms with Gasteiger partial charge in [0.05, 0.1) is 6.54 Å². The van der Waals surface area contributed by atoms with E-state index in [0.29, 0.717) is 12.1 Å². The van der Waals surface area contributed by atoms with Crippen LogP contribution in [-0.4, -0.2) is 28.6 Å². The highest BCUT2D eigenvalue weighted by molar-refractivity contribution is 8.46. The lowest BCUT2D eigenvalue weighted by molar-refractivity contribution is -0.127. The fourth-order valence-corrected chi connectivity index (χ4v) is 1.53. The second kappa shape index (κ2) is 5.21. The SMILES string of the molecule is CN(SNCC(=O)F)P(=O)(O)S. The lowest BCUT2D eigenvalue weighted by atomic mass is 10.7. The number of carbonyl (C=O) groups is 1. The predicted molar refractivity (Wildman–Crippen MR) is 48.3 cm³/mol. The molecule has 0 aliphatic heterocycles. The van der Waals surface area contributed by atoms with Crippen molar-refractivity contribution in [1.82, 2.24) is 8.80 Å². The molecule has 2 N–H and O–H groups in total. The van der Waals surface area contributed by atoms with E-state index in [1.54, 1.807) is 0 Å². The molecule has 0 amide bonds. The van der Waals surface area contributed by atoms with Crippen molar-refractivity contribution in [2.75, 3.05) is 13.6 Å². The van der Waals surface area contributed by atoms with Crippen LogP contribution in [0.1, 0.15) is 0 Å². The van der Waals surface area contributed by atoms with Crippen molar-refractivity contribution < 1.29 is 18.6 Å². The molecule has 12 heavy (non-hydrogen) atoms. The molecule has 0 aliphatic carbocycles. The Bertz CT molecular complexity index is 210. The minimum Gasteiger partial charge on any atom is -0.325 e. The van der Waals surface area contributed by atoms with E-state index in [2.05, 4.69) is 17.0 Å². The normalized spacial score (nSPS) is 16.1. The zero-order valence-electron chi connectivity index (χ0n) is 6.10. The van der Waals surface area contributed by atoms with Gasteiger partial charge in [-0.3, -0.25) is 9.36 Å². The van der Waals surface area contributed by atoms with Crippen molar-refractivity contribution in [2.45, 2.75) is 0 Å². The summed E-state index contributed by atoms with van der Waals surface area (Å²) in [6, 6.07) is -1.54. The number of carbonyl (C=O) groups excluding carboxylic acids is 1. The Balaban J connectivity index is 3.65. The number of halogens is 1. The Morgan fingerprint density at radius 1 is 1.92 bits per heavy atom. The number of rotatable bonds is 5. The fraction of sp³-hybridized carbons (Fsp3) is 0.667. The summed E-state index contributed by atoms with van der Waals surface area (Å²) >= 11 is 4.02. The van der Waals surface area contributed by atoms with Crippen molar-refractivity contribution in [3.63, 3.8) is 0 Å². The van der Waals surface area contributed by atoms with Crippen LogP contribution in [0, 0.1) is 0 Å². The van der Waals surface area contributed by atoms with Gasteiger partial charge >= 0.3 is 12.8 Å². The maximum Gasteiger partial charge on any atom is 0.333 e. The van der Waals surface area contributed by atoms with E-state index >= 15 is 0 Å². The largest absolute Gasteiger partial charge is 0.333 e. The molecule has 0 radical (unpaired) electrons. The predicted octanol–water partition coefficient (Wildman–Crippen LogP) is 0.597. The molecule has 5 nitrogen and oxygen atoms in total. The molecule has 0 rings (SSSR count). The quantitative estimate of drug-likeness (QED) is 0.280. The average Bonchev–Trinajstić information content (AvgIpc) is 1.84. The number of thiol groups is 1. The zero-order valence-corrected chi connectivity index (χ0v) is 8.70. The lowest BCUT2D eigenvalue weighted by Crippen LogP contribution is -2.17. The summed E-state index contributed by atoms with van der Waals surface area (Å²) in [5, 5.41) is 0. The summed E-state index contributed by atoms with van der Waals surface area (Å²) in [6.07, 6.45) is 0. The van der Waals surface area contributed by atoms with Crippen LogP contribution in [0.3, 0.4) is 0 Å². The zero-order chi connectivity index (χ0) is 9.78. The molecule has 0 aromatic carbocycles. The summed E-state index contributed by atoms with van der Waals surface area (Å²) in [7, 11) is 1.29. The fourth-order valence-electron chi connectivity index (χ4n) is 0.236. The van der Waals surface area contributed by atoms with E-state index in [1.807, 2.05) is 0 Å². The maximum atomic E-state index is 11.6. The van der Waals surface area contributed by atoms with E-state index in [1.165, 1.54) is 7.05 Å². The van der Waals surface area contributed by atoms with Gasteiger partial charge in [-0.2, -0.15) is 8.47 Å². The van der Waals surface area contributed by atoms with Gasteiger partial charge in [0.15, 0.2) is 0 Å². The van der Waals surface area contributed by atoms with Crippen LogP contribution in [-0.2, 0) is 9.36 Å². The summed E-state index contributed by atoms with van der Waals surface area (Å²) < 4.78 is 25.4. The van der Waals surface area contributed by atoms with Gasteiger partial charge in [-0.05, 0) is 0 Å². The van der Waals surface area contributed by atoms with Gasteiger partial charge in [-0.1, -0.05) is 12.2 Å². The Morgan fingerprint density at radius 2 is 2.42 bits per heavy atom. The van der Waals surface area contributed by atoms with Crippen LogP contribution in [0.15, 0.2) is 0 Å². The Hall–Kier alpha value is 0.410. The second-order valence-electron chi connectivity index (χ2n) is 1.75. The third-order valence-corrected chi connectivity index (χ3v) is 4.12. The highest BCUT2D eigenvalue weighted by Gasteiger charge is 2.19. The molecule has 0 fully saturated rings. The van der Waals surface area contributed by atoms with Crippen LogP contribution in [0.5, 0.6) is 0 Å². The minimum atomic E-state index is -3.62. The van der Waals surface area contributed by atoms with Gasteiger partial charge in [-0.25, -0.2) is 4.72 Å². The molecule has 9 heteroatoms. The first-order valence-corrected chi connectivity index (χ1v) is 6.26. The first-order chi connectivity index (χ1) is 5.34. The first-order valence-electron chi connectivity index (χ1n) is 2.72. The Morgan fingerprint density at radius 3 is 2.75 bits per heavy atom. The van der Waals surface area contributed by atoms with Crippen LogP contribution < -0.4 is 4.72 Å². The van der Waals surface area contributed by atoms with Crippen molar-refractivity contribution in [3.05, 3.63) is 0 Å². The van der Waals surface area contributed by atoms with Crippen LogP contribution >= 0.6 is 31.1 Å². The van der Waals surface area contributed by atoms with Crippen molar-refractivity contribution in [1.29, 1.82) is 0 Å². The van der Waals surface area contributed by atoms with Crippen molar-refractivity contribution >= 4 is 37.1 Å². The monoisotopic (exact) mass is 234 g/mol.